The van der Waals surface area contributed by atoms with Gasteiger partial charge in [-0.05, 0) is 36.8 Å². The molecule has 0 bridgehead atoms. The molecule has 0 aliphatic heterocycles. The van der Waals surface area contributed by atoms with E-state index in [4.69, 9.17) is 4.74 Å². The van der Waals surface area contributed by atoms with Crippen LogP contribution in [0.25, 0.3) is 11.0 Å². The van der Waals surface area contributed by atoms with Crippen molar-refractivity contribution in [3.05, 3.63) is 53.3 Å². The van der Waals surface area contributed by atoms with Crippen molar-refractivity contribution in [2.45, 2.75) is 17.9 Å². The number of hydrogen-bond donors (Lipinski definition) is 1. The quantitative estimate of drug-likeness (QED) is 0.592. The molecule has 0 saturated carbocycles. The third kappa shape index (κ3) is 4.02. The third-order valence-corrected chi connectivity index (χ3v) is 5.79. The lowest BCUT2D eigenvalue weighted by atomic mass is 10.3. The molecule has 1 aromatic heterocycles. The Morgan fingerprint density at radius 2 is 2.04 bits per heavy atom. The summed E-state index contributed by atoms with van der Waals surface area (Å²) in [5, 5.41) is 0. The number of hydrogen-bond acceptors (Lipinski definition) is 4. The summed E-state index contributed by atoms with van der Waals surface area (Å²) < 4.78 is 35.5. The van der Waals surface area contributed by atoms with Crippen LogP contribution in [0.15, 0.2) is 58.2 Å². The van der Waals surface area contributed by atoms with E-state index >= 15 is 0 Å². The monoisotopic (exact) mass is 423 g/mol. The maximum Gasteiger partial charge on any atom is 0.244 e. The number of nitrogens with one attached hydrogen (secondary N) is 1. The van der Waals surface area contributed by atoms with Crippen molar-refractivity contribution in [1.82, 2.24) is 14.3 Å². The van der Waals surface area contributed by atoms with Gasteiger partial charge >= 0.3 is 0 Å². The van der Waals surface area contributed by atoms with Crippen LogP contribution in [0.5, 0.6) is 5.75 Å². The van der Waals surface area contributed by atoms with Crippen molar-refractivity contribution in [2.75, 3.05) is 13.7 Å². The van der Waals surface area contributed by atoms with Gasteiger partial charge in [0.2, 0.25) is 10.0 Å². The molecule has 25 heavy (non-hydrogen) atoms. The first kappa shape index (κ1) is 17.9. The highest BCUT2D eigenvalue weighted by Gasteiger charge is 2.19. The molecule has 2 aromatic carbocycles. The highest BCUT2D eigenvalue weighted by molar-refractivity contribution is 9.10. The van der Waals surface area contributed by atoms with Crippen molar-refractivity contribution in [3.8, 4) is 5.75 Å². The largest absolute Gasteiger partial charge is 0.495 e. The first-order valence-electron chi connectivity index (χ1n) is 7.74. The Bertz CT molecular complexity index is 986. The van der Waals surface area contributed by atoms with Crippen molar-refractivity contribution >= 4 is 37.0 Å². The summed E-state index contributed by atoms with van der Waals surface area (Å²) in [5.74, 6) is 0.316. The van der Waals surface area contributed by atoms with E-state index in [1.54, 1.807) is 18.5 Å². The molecular formula is C17H18BrN3O3S. The summed E-state index contributed by atoms with van der Waals surface area (Å²) in [7, 11) is -2.19. The van der Waals surface area contributed by atoms with Crippen LogP contribution < -0.4 is 9.46 Å². The average Bonchev–Trinajstić information content (AvgIpc) is 3.02. The van der Waals surface area contributed by atoms with Gasteiger partial charge in [0, 0.05) is 17.6 Å². The number of imidazole rings is 1. The summed E-state index contributed by atoms with van der Waals surface area (Å²) in [5.41, 5.74) is 1.97. The zero-order valence-electron chi connectivity index (χ0n) is 13.6. The topological polar surface area (TPSA) is 73.2 Å². The Morgan fingerprint density at radius 3 is 2.84 bits per heavy atom. The highest BCUT2D eigenvalue weighted by Crippen LogP contribution is 2.27. The number of sulfonamides is 1. The molecule has 0 fully saturated rings. The average molecular weight is 424 g/mol. The minimum atomic E-state index is -3.64. The fourth-order valence-electron chi connectivity index (χ4n) is 2.58. The Labute approximate surface area is 155 Å². The number of methoxy groups -OCH3 is 1. The summed E-state index contributed by atoms with van der Waals surface area (Å²) >= 11 is 3.29. The summed E-state index contributed by atoms with van der Waals surface area (Å²) in [4.78, 5) is 4.45. The van der Waals surface area contributed by atoms with Gasteiger partial charge in [-0.2, -0.15) is 0 Å². The molecule has 0 unspecified atom stereocenters. The normalized spacial score (nSPS) is 11.8. The smallest absolute Gasteiger partial charge is 0.244 e. The van der Waals surface area contributed by atoms with Gasteiger partial charge in [0.1, 0.15) is 10.6 Å². The van der Waals surface area contributed by atoms with Crippen molar-refractivity contribution < 1.29 is 13.2 Å². The predicted molar refractivity (Wildman–Crippen MR) is 100 cm³/mol. The van der Waals surface area contributed by atoms with E-state index in [-0.39, 0.29) is 4.90 Å². The molecule has 132 valence electrons. The Hall–Kier alpha value is -1.90. The van der Waals surface area contributed by atoms with Crippen LogP contribution in [0.3, 0.4) is 0 Å². The van der Waals surface area contributed by atoms with Crippen molar-refractivity contribution in [1.29, 1.82) is 0 Å². The SMILES string of the molecule is COc1ccc(Br)cc1S(=O)(=O)NCCCn1cnc2ccccc21. The van der Waals surface area contributed by atoms with Gasteiger partial charge in [-0.3, -0.25) is 0 Å². The molecule has 6 nitrogen and oxygen atoms in total. The number of ether oxygens (including phenoxy) is 1. The first-order valence-corrected chi connectivity index (χ1v) is 10.0. The van der Waals surface area contributed by atoms with Gasteiger partial charge in [0.25, 0.3) is 0 Å². The number of benzene rings is 2. The molecule has 0 spiro atoms. The molecule has 0 saturated heterocycles. The second-order valence-electron chi connectivity index (χ2n) is 5.47. The lowest BCUT2D eigenvalue weighted by Crippen LogP contribution is -2.26. The number of aromatic nitrogens is 2. The first-order chi connectivity index (χ1) is 12.0. The van der Waals surface area contributed by atoms with Gasteiger partial charge in [0.05, 0.1) is 24.5 Å². The number of nitrogens with zero attached hydrogens (tertiary/aromatic N) is 2. The van der Waals surface area contributed by atoms with Crippen molar-refractivity contribution in [2.24, 2.45) is 0 Å². The van der Waals surface area contributed by atoms with Crippen molar-refractivity contribution in [3.63, 3.8) is 0 Å². The second-order valence-corrected chi connectivity index (χ2v) is 8.12. The fourth-order valence-corrected chi connectivity index (χ4v) is 4.36. The van der Waals surface area contributed by atoms with E-state index in [1.807, 2.05) is 28.8 Å². The summed E-state index contributed by atoms with van der Waals surface area (Å²) in [6.07, 6.45) is 2.42. The molecule has 3 rings (SSSR count). The molecule has 0 amide bonds. The van der Waals surface area contributed by atoms with Crippen LogP contribution in [-0.4, -0.2) is 31.6 Å². The summed E-state index contributed by atoms with van der Waals surface area (Å²) in [6.45, 7) is 1.00. The van der Waals surface area contributed by atoms with E-state index < -0.39 is 10.0 Å². The van der Waals surface area contributed by atoms with E-state index in [2.05, 4.69) is 25.6 Å². The van der Waals surface area contributed by atoms with Crippen LogP contribution in [0, 0.1) is 0 Å². The molecule has 0 atom stereocenters. The van der Waals surface area contributed by atoms with Crippen LogP contribution >= 0.6 is 15.9 Å². The standard InChI is InChI=1S/C17H18BrN3O3S/c1-24-16-8-7-13(18)11-17(16)25(22,23)20-9-4-10-21-12-19-14-5-2-3-6-15(14)21/h2-3,5-8,11-12,20H,4,9-10H2,1H3. The lowest BCUT2D eigenvalue weighted by molar-refractivity contribution is 0.402. The lowest BCUT2D eigenvalue weighted by Gasteiger charge is -2.11. The summed E-state index contributed by atoms with van der Waals surface area (Å²) in [6, 6.07) is 12.7. The second kappa shape index (κ2) is 7.55. The number of fused-ring (bicyclic) bond motifs is 1. The molecule has 1 N–H and O–H groups in total. The molecular weight excluding hydrogens is 406 g/mol. The molecule has 1 heterocycles. The van der Waals surface area contributed by atoms with Gasteiger partial charge in [-0.25, -0.2) is 18.1 Å². The number of aryl methyl sites for hydroxylation is 1. The van der Waals surface area contributed by atoms with Gasteiger partial charge < -0.3 is 9.30 Å². The number of halogens is 1. The molecule has 3 aromatic rings. The van der Waals surface area contributed by atoms with E-state index in [0.29, 0.717) is 29.7 Å². The van der Waals surface area contributed by atoms with E-state index in [1.165, 1.54) is 13.2 Å². The zero-order valence-corrected chi connectivity index (χ0v) is 16.0. The number of rotatable bonds is 7. The van der Waals surface area contributed by atoms with Gasteiger partial charge in [-0.1, -0.05) is 28.1 Å². The maximum atomic E-state index is 12.5. The van der Waals surface area contributed by atoms with Crippen LogP contribution in [-0.2, 0) is 16.6 Å². The molecule has 0 aliphatic carbocycles. The van der Waals surface area contributed by atoms with Crippen LogP contribution in [0.1, 0.15) is 6.42 Å². The minimum absolute atomic E-state index is 0.123. The predicted octanol–water partition coefficient (Wildman–Crippen LogP) is 3.18. The molecule has 8 heteroatoms. The third-order valence-electron chi connectivity index (χ3n) is 3.81. The van der Waals surface area contributed by atoms with E-state index in [0.717, 1.165) is 11.0 Å². The Kier molecular flexibility index (Phi) is 5.41. The van der Waals surface area contributed by atoms with E-state index in [9.17, 15) is 8.42 Å². The fraction of sp³-hybridized carbons (Fsp3) is 0.235. The van der Waals surface area contributed by atoms with Crippen LogP contribution in [0.4, 0.5) is 0 Å². The Balaban J connectivity index is 1.64. The Morgan fingerprint density at radius 1 is 1.24 bits per heavy atom. The minimum Gasteiger partial charge on any atom is -0.495 e. The van der Waals surface area contributed by atoms with Gasteiger partial charge in [0.15, 0.2) is 0 Å². The van der Waals surface area contributed by atoms with Crippen LogP contribution in [0.2, 0.25) is 0 Å². The highest BCUT2D eigenvalue weighted by atomic mass is 79.9. The molecule has 0 radical (unpaired) electrons. The molecule has 0 aliphatic rings. The zero-order chi connectivity index (χ0) is 17.9. The van der Waals surface area contributed by atoms with Gasteiger partial charge in [-0.15, -0.1) is 0 Å². The maximum absolute atomic E-state index is 12.5. The number of para-hydroxylation sites is 2.